The first kappa shape index (κ1) is 21.2. The molecule has 0 N–H and O–H groups in total. The maximum Gasteiger partial charge on any atom is 0.389 e. The second-order valence-corrected chi connectivity index (χ2v) is 4.79. The molecule has 0 radical (unpaired) electrons. The van der Waals surface area contributed by atoms with Crippen LogP contribution in [0.1, 0.15) is 39.0 Å². The molecule has 11 heteroatoms. The molecule has 0 aromatic heterocycles. The van der Waals surface area contributed by atoms with E-state index in [2.05, 4.69) is 0 Å². The van der Waals surface area contributed by atoms with Gasteiger partial charge in [-0.05, 0) is 0 Å². The monoisotopic (exact) mass is 354 g/mol. The number of rotatable bonds is 8. The fourth-order valence-electron chi connectivity index (χ4n) is 1.42. The summed E-state index contributed by atoms with van der Waals surface area (Å²) in [5, 5.41) is 0. The Bertz CT molecular complexity index is 356. The molecular formula is C11H13F11. The zero-order valence-corrected chi connectivity index (χ0v) is 11.2. The van der Waals surface area contributed by atoms with E-state index in [-0.39, 0.29) is 0 Å². The van der Waals surface area contributed by atoms with Crippen LogP contribution in [0.15, 0.2) is 0 Å². The quantitative estimate of drug-likeness (QED) is 0.465. The molecule has 0 saturated carbocycles. The Morgan fingerprint density at radius 2 is 0.727 bits per heavy atom. The highest BCUT2D eigenvalue weighted by atomic mass is 19.4. The molecular weight excluding hydrogens is 341 g/mol. The third-order valence-corrected chi connectivity index (χ3v) is 2.99. The Labute approximate surface area is 118 Å². The third-order valence-electron chi connectivity index (χ3n) is 2.99. The largest absolute Gasteiger partial charge is 0.389 e. The van der Waals surface area contributed by atoms with Crippen molar-refractivity contribution < 1.29 is 48.3 Å². The van der Waals surface area contributed by atoms with Crippen molar-refractivity contribution in [2.24, 2.45) is 0 Å². The molecule has 0 bridgehead atoms. The van der Waals surface area contributed by atoms with Gasteiger partial charge in [-0.25, -0.2) is 0 Å². The van der Waals surface area contributed by atoms with Gasteiger partial charge in [-0.1, -0.05) is 6.92 Å². The maximum atomic E-state index is 13.1. The molecule has 0 saturated heterocycles. The van der Waals surface area contributed by atoms with Crippen molar-refractivity contribution in [2.75, 3.05) is 0 Å². The van der Waals surface area contributed by atoms with Crippen molar-refractivity contribution >= 4 is 0 Å². The van der Waals surface area contributed by atoms with Gasteiger partial charge in [0.05, 0.1) is 0 Å². The van der Waals surface area contributed by atoms with Crippen molar-refractivity contribution in [1.82, 2.24) is 0 Å². The van der Waals surface area contributed by atoms with Crippen molar-refractivity contribution in [3.63, 3.8) is 0 Å². The Kier molecular flexibility index (Phi) is 6.16. The van der Waals surface area contributed by atoms with Crippen LogP contribution in [0.2, 0.25) is 0 Å². The van der Waals surface area contributed by atoms with Crippen molar-refractivity contribution in [3.8, 4) is 0 Å². The zero-order valence-electron chi connectivity index (χ0n) is 11.2. The first-order valence-electron chi connectivity index (χ1n) is 6.05. The van der Waals surface area contributed by atoms with Gasteiger partial charge in [-0.3, -0.25) is 0 Å². The zero-order chi connectivity index (χ0) is 18.0. The Morgan fingerprint density at radius 3 is 1.00 bits per heavy atom. The number of hydrogen-bond donors (Lipinski definition) is 0. The Hall–Kier alpha value is -0.770. The van der Waals surface area contributed by atoms with Crippen LogP contribution in [-0.4, -0.2) is 29.9 Å². The molecule has 134 valence electrons. The predicted molar refractivity (Wildman–Crippen MR) is 54.6 cm³/mol. The molecule has 0 aliphatic rings. The highest BCUT2D eigenvalue weighted by Crippen LogP contribution is 2.47. The lowest BCUT2D eigenvalue weighted by atomic mass is 9.96. The minimum Gasteiger partial charge on any atom is -0.200 e. The van der Waals surface area contributed by atoms with Gasteiger partial charge in [-0.15, -0.1) is 0 Å². The van der Waals surface area contributed by atoms with Gasteiger partial charge in [0.2, 0.25) is 0 Å². The standard InChI is InChI=1S/C11H13F11/c1-2-7(12,13)8(14,15)3-4-9(16,17)10(18,19)5-6-11(20,21)22/h2-6H2,1H3. The minimum atomic E-state index is -5.26. The second-order valence-electron chi connectivity index (χ2n) is 4.79. The van der Waals surface area contributed by atoms with E-state index in [0.717, 1.165) is 0 Å². The number of halogens is 11. The van der Waals surface area contributed by atoms with Gasteiger partial charge in [0, 0.05) is 32.1 Å². The molecule has 0 aliphatic carbocycles. The Morgan fingerprint density at radius 1 is 0.455 bits per heavy atom. The molecule has 0 spiro atoms. The fourth-order valence-corrected chi connectivity index (χ4v) is 1.42. The lowest BCUT2D eigenvalue weighted by Gasteiger charge is -2.30. The van der Waals surface area contributed by atoms with E-state index in [0.29, 0.717) is 6.92 Å². The van der Waals surface area contributed by atoms with E-state index in [1.54, 1.807) is 0 Å². The Balaban J connectivity index is 4.88. The lowest BCUT2D eigenvalue weighted by molar-refractivity contribution is -0.251. The normalized spacial score (nSPS) is 15.3. The summed E-state index contributed by atoms with van der Waals surface area (Å²) >= 11 is 0. The lowest BCUT2D eigenvalue weighted by Crippen LogP contribution is -2.45. The number of alkyl halides is 11. The molecule has 0 unspecified atom stereocenters. The van der Waals surface area contributed by atoms with Gasteiger partial charge in [0.25, 0.3) is 0 Å². The number of hydrogen-bond acceptors (Lipinski definition) is 0. The molecule has 0 atom stereocenters. The maximum absolute atomic E-state index is 13.1. The van der Waals surface area contributed by atoms with Crippen molar-refractivity contribution in [2.45, 2.75) is 68.9 Å². The van der Waals surface area contributed by atoms with Crippen molar-refractivity contribution in [1.29, 1.82) is 0 Å². The molecule has 0 amide bonds. The molecule has 22 heavy (non-hydrogen) atoms. The third kappa shape index (κ3) is 5.45. The van der Waals surface area contributed by atoms with Crippen LogP contribution in [0.5, 0.6) is 0 Å². The van der Waals surface area contributed by atoms with Crippen molar-refractivity contribution in [3.05, 3.63) is 0 Å². The van der Waals surface area contributed by atoms with Crippen LogP contribution >= 0.6 is 0 Å². The molecule has 0 nitrogen and oxygen atoms in total. The van der Waals surface area contributed by atoms with Crippen LogP contribution in [-0.2, 0) is 0 Å². The average Bonchev–Trinajstić information content (AvgIpc) is 2.33. The van der Waals surface area contributed by atoms with Gasteiger partial charge in [0.15, 0.2) is 0 Å². The van der Waals surface area contributed by atoms with Crippen LogP contribution < -0.4 is 0 Å². The molecule has 0 aliphatic heterocycles. The molecule has 0 rings (SSSR count). The average molecular weight is 354 g/mol. The summed E-state index contributed by atoms with van der Waals surface area (Å²) in [6, 6.07) is 0. The first-order valence-corrected chi connectivity index (χ1v) is 6.05. The molecule has 0 aromatic carbocycles. The van der Waals surface area contributed by atoms with E-state index in [4.69, 9.17) is 0 Å². The summed E-state index contributed by atoms with van der Waals surface area (Å²) in [5.41, 5.74) is 0. The predicted octanol–water partition coefficient (Wildman–Crippen LogP) is 6.06. The minimum absolute atomic E-state index is 0.643. The second kappa shape index (κ2) is 6.38. The van der Waals surface area contributed by atoms with Crippen LogP contribution in [0.25, 0.3) is 0 Å². The summed E-state index contributed by atoms with van der Waals surface area (Å²) in [7, 11) is 0. The van der Waals surface area contributed by atoms with Crippen LogP contribution in [0, 0.1) is 0 Å². The van der Waals surface area contributed by atoms with E-state index < -0.39 is 62.0 Å². The summed E-state index contributed by atoms with van der Waals surface area (Å²) in [4.78, 5) is 0. The fraction of sp³-hybridized carbons (Fsp3) is 1.00. The van der Waals surface area contributed by atoms with E-state index in [1.165, 1.54) is 0 Å². The van der Waals surface area contributed by atoms with Gasteiger partial charge in [0.1, 0.15) is 0 Å². The summed E-state index contributed by atoms with van der Waals surface area (Å²) in [6.45, 7) is 0.643. The van der Waals surface area contributed by atoms with Crippen LogP contribution in [0.4, 0.5) is 48.3 Å². The molecule has 0 aromatic rings. The van der Waals surface area contributed by atoms with Gasteiger partial charge >= 0.3 is 29.9 Å². The van der Waals surface area contributed by atoms with E-state index in [9.17, 15) is 48.3 Å². The van der Waals surface area contributed by atoms with Crippen LogP contribution in [0.3, 0.4) is 0 Å². The molecule has 0 fully saturated rings. The van der Waals surface area contributed by atoms with Gasteiger partial charge < -0.3 is 0 Å². The topological polar surface area (TPSA) is 0 Å². The summed E-state index contributed by atoms with van der Waals surface area (Å²) < 4.78 is 139. The molecule has 0 heterocycles. The SMILES string of the molecule is CCC(F)(F)C(F)(F)CCC(F)(F)C(F)(F)CCC(F)(F)F. The smallest absolute Gasteiger partial charge is 0.200 e. The van der Waals surface area contributed by atoms with E-state index >= 15 is 0 Å². The summed E-state index contributed by atoms with van der Waals surface area (Å²) in [5.74, 6) is -20.1. The van der Waals surface area contributed by atoms with Gasteiger partial charge in [-0.2, -0.15) is 48.3 Å². The highest BCUT2D eigenvalue weighted by Gasteiger charge is 2.60. The van der Waals surface area contributed by atoms with E-state index in [1.807, 2.05) is 0 Å². The summed E-state index contributed by atoms with van der Waals surface area (Å²) in [6.07, 6.45) is -15.8. The first-order chi connectivity index (χ1) is 9.47. The highest BCUT2D eigenvalue weighted by molar-refractivity contribution is 4.90.